The number of urea groups is 1. The summed E-state index contributed by atoms with van der Waals surface area (Å²) in [5.41, 5.74) is 0. The van der Waals surface area contributed by atoms with Crippen LogP contribution in [0.2, 0.25) is 0 Å². The molecule has 29 heavy (non-hydrogen) atoms. The van der Waals surface area contributed by atoms with E-state index in [0.717, 1.165) is 38.6 Å². The molecule has 0 unspecified atom stereocenters. The van der Waals surface area contributed by atoms with Crippen LogP contribution in [0.3, 0.4) is 0 Å². The van der Waals surface area contributed by atoms with Crippen molar-refractivity contribution in [2.24, 2.45) is 11.8 Å². The first-order chi connectivity index (χ1) is 13.8. The van der Waals surface area contributed by atoms with Gasteiger partial charge in [-0.3, -0.25) is 9.69 Å². The number of likely N-dealkylation sites (tertiary alicyclic amines) is 1. The van der Waals surface area contributed by atoms with Gasteiger partial charge in [0, 0.05) is 45.1 Å². The van der Waals surface area contributed by atoms with E-state index in [1.807, 2.05) is 25.9 Å². The number of hydrogen-bond acceptors (Lipinski definition) is 6. The molecular formula is C21H38N4O4. The molecule has 2 heterocycles. The summed E-state index contributed by atoms with van der Waals surface area (Å²) in [5, 5.41) is 2.90. The summed E-state index contributed by atoms with van der Waals surface area (Å²) in [6.07, 6.45) is 4.35. The lowest BCUT2D eigenvalue weighted by Crippen LogP contribution is -2.57. The van der Waals surface area contributed by atoms with E-state index in [1.54, 1.807) is 0 Å². The Morgan fingerprint density at radius 1 is 1.21 bits per heavy atom. The van der Waals surface area contributed by atoms with Gasteiger partial charge in [0.15, 0.2) is 5.79 Å². The molecule has 0 radical (unpaired) electrons. The highest BCUT2D eigenvalue weighted by Crippen LogP contribution is 2.45. The summed E-state index contributed by atoms with van der Waals surface area (Å²) in [7, 11) is 6.03. The van der Waals surface area contributed by atoms with Gasteiger partial charge >= 0.3 is 6.03 Å². The second kappa shape index (κ2) is 9.73. The van der Waals surface area contributed by atoms with Crippen molar-refractivity contribution in [3.63, 3.8) is 0 Å². The van der Waals surface area contributed by atoms with E-state index in [2.05, 4.69) is 17.3 Å². The minimum atomic E-state index is -0.445. The van der Waals surface area contributed by atoms with Crippen molar-refractivity contribution in [2.45, 2.75) is 50.9 Å². The monoisotopic (exact) mass is 410 g/mol. The zero-order chi connectivity index (χ0) is 21.0. The SMILES string of the molecule is CCCN(C(=O)NCCN(C)C)C(=O)[C@@H]1C[C@@H]2CC3(CC[C@H]2N(C)C1)OCCO3. The lowest BCUT2D eigenvalue weighted by Gasteiger charge is -2.49. The molecule has 0 aromatic carbocycles. The summed E-state index contributed by atoms with van der Waals surface area (Å²) < 4.78 is 11.9. The molecule has 0 aromatic rings. The highest BCUT2D eigenvalue weighted by molar-refractivity contribution is 5.95. The Labute approximate surface area is 174 Å². The number of carbonyl (C=O) groups is 2. The number of nitrogens with zero attached hydrogens (tertiary/aromatic N) is 3. The lowest BCUT2D eigenvalue weighted by atomic mass is 9.72. The molecule has 1 spiro atoms. The van der Waals surface area contributed by atoms with Crippen molar-refractivity contribution in [3.05, 3.63) is 0 Å². The molecule has 0 aromatic heterocycles. The molecule has 8 nitrogen and oxygen atoms in total. The summed E-state index contributed by atoms with van der Waals surface area (Å²) in [6, 6.07) is 0.192. The maximum absolute atomic E-state index is 13.3. The summed E-state index contributed by atoms with van der Waals surface area (Å²) >= 11 is 0. The number of fused-ring (bicyclic) bond motifs is 1. The number of amides is 3. The molecule has 2 saturated heterocycles. The van der Waals surface area contributed by atoms with Crippen LogP contribution >= 0.6 is 0 Å². The van der Waals surface area contributed by atoms with Crippen LogP contribution in [0.4, 0.5) is 4.79 Å². The first-order valence-corrected chi connectivity index (χ1v) is 11.1. The third-order valence-corrected chi connectivity index (χ3v) is 6.56. The number of likely N-dealkylation sites (N-methyl/N-ethyl adjacent to an activating group) is 1. The Morgan fingerprint density at radius 2 is 1.93 bits per heavy atom. The van der Waals surface area contributed by atoms with Crippen molar-refractivity contribution in [2.75, 3.05) is 60.5 Å². The van der Waals surface area contributed by atoms with Gasteiger partial charge in [0.2, 0.25) is 5.91 Å². The molecule has 166 valence electrons. The normalized spacial score (nSPS) is 29.1. The minimum absolute atomic E-state index is 0.0487. The molecule has 1 saturated carbocycles. The van der Waals surface area contributed by atoms with E-state index in [1.165, 1.54) is 4.90 Å². The number of nitrogens with one attached hydrogen (secondary N) is 1. The van der Waals surface area contributed by atoms with E-state index in [0.29, 0.717) is 44.8 Å². The minimum Gasteiger partial charge on any atom is -0.348 e. The number of imide groups is 1. The van der Waals surface area contributed by atoms with Crippen LogP contribution in [0.15, 0.2) is 0 Å². The van der Waals surface area contributed by atoms with E-state index >= 15 is 0 Å². The van der Waals surface area contributed by atoms with Gasteiger partial charge < -0.3 is 24.6 Å². The number of carbonyl (C=O) groups excluding carboxylic acids is 2. The molecule has 1 N–H and O–H groups in total. The Hall–Kier alpha value is -1.22. The number of hydrogen-bond donors (Lipinski definition) is 1. The molecule has 3 rings (SSSR count). The Balaban J connectivity index is 1.64. The third kappa shape index (κ3) is 5.29. The zero-order valence-corrected chi connectivity index (χ0v) is 18.5. The third-order valence-electron chi connectivity index (χ3n) is 6.56. The molecule has 3 atom stereocenters. The molecule has 3 aliphatic rings. The largest absolute Gasteiger partial charge is 0.348 e. The second-order valence-corrected chi connectivity index (χ2v) is 9.08. The predicted octanol–water partition coefficient (Wildman–Crippen LogP) is 1.36. The van der Waals surface area contributed by atoms with Crippen LogP contribution in [0, 0.1) is 11.8 Å². The average molecular weight is 411 g/mol. The van der Waals surface area contributed by atoms with E-state index in [4.69, 9.17) is 9.47 Å². The van der Waals surface area contributed by atoms with Crippen LogP contribution in [0.5, 0.6) is 0 Å². The fraction of sp³-hybridized carbons (Fsp3) is 0.905. The fourth-order valence-electron chi connectivity index (χ4n) is 5.16. The van der Waals surface area contributed by atoms with Gasteiger partial charge in [0.05, 0.1) is 19.1 Å². The van der Waals surface area contributed by atoms with Crippen molar-refractivity contribution in [1.29, 1.82) is 0 Å². The molecule has 8 heteroatoms. The standard InChI is InChI=1S/C21H38N4O4/c1-5-9-25(20(27)22-8-10-23(2)3)19(26)17-13-16-14-21(28-11-12-29-21)7-6-18(16)24(4)15-17/h16-18H,5-15H2,1-4H3,(H,22,27)/t16-,17-,18-/m1/s1. The van der Waals surface area contributed by atoms with Crippen LogP contribution in [0.25, 0.3) is 0 Å². The molecule has 1 aliphatic carbocycles. The smallest absolute Gasteiger partial charge is 0.324 e. The van der Waals surface area contributed by atoms with Gasteiger partial charge in [-0.05, 0) is 46.3 Å². The van der Waals surface area contributed by atoms with Crippen molar-refractivity contribution < 1.29 is 19.1 Å². The first-order valence-electron chi connectivity index (χ1n) is 11.1. The maximum Gasteiger partial charge on any atom is 0.324 e. The fourth-order valence-corrected chi connectivity index (χ4v) is 5.16. The van der Waals surface area contributed by atoms with Gasteiger partial charge in [0.1, 0.15) is 0 Å². The molecular weight excluding hydrogens is 372 g/mol. The van der Waals surface area contributed by atoms with Crippen molar-refractivity contribution in [3.8, 4) is 0 Å². The van der Waals surface area contributed by atoms with Crippen LogP contribution in [-0.4, -0.2) is 99.0 Å². The average Bonchev–Trinajstić information content (AvgIpc) is 3.12. The number of ether oxygens (including phenoxy) is 2. The second-order valence-electron chi connectivity index (χ2n) is 9.08. The Morgan fingerprint density at radius 3 is 2.59 bits per heavy atom. The van der Waals surface area contributed by atoms with Crippen LogP contribution in [-0.2, 0) is 14.3 Å². The zero-order valence-electron chi connectivity index (χ0n) is 18.5. The highest BCUT2D eigenvalue weighted by atomic mass is 16.7. The maximum atomic E-state index is 13.3. The summed E-state index contributed by atoms with van der Waals surface area (Å²) in [5.74, 6) is -0.300. The summed E-state index contributed by atoms with van der Waals surface area (Å²) in [4.78, 5) is 31.8. The van der Waals surface area contributed by atoms with Gasteiger partial charge in [-0.1, -0.05) is 6.92 Å². The first kappa shape index (κ1) is 22.5. The van der Waals surface area contributed by atoms with Crippen LogP contribution in [0.1, 0.15) is 39.0 Å². The Bertz CT molecular complexity index is 579. The van der Waals surface area contributed by atoms with E-state index in [-0.39, 0.29) is 17.9 Å². The Kier molecular flexibility index (Phi) is 7.53. The van der Waals surface area contributed by atoms with Gasteiger partial charge in [0.25, 0.3) is 0 Å². The van der Waals surface area contributed by atoms with Gasteiger partial charge in [-0.2, -0.15) is 0 Å². The lowest BCUT2D eigenvalue weighted by molar-refractivity contribution is -0.202. The van der Waals surface area contributed by atoms with Gasteiger partial charge in [-0.15, -0.1) is 0 Å². The van der Waals surface area contributed by atoms with E-state index in [9.17, 15) is 9.59 Å². The van der Waals surface area contributed by atoms with Crippen LogP contribution < -0.4 is 5.32 Å². The topological polar surface area (TPSA) is 74.4 Å². The molecule has 2 aliphatic heterocycles. The van der Waals surface area contributed by atoms with Crippen molar-refractivity contribution in [1.82, 2.24) is 20.0 Å². The quantitative estimate of drug-likeness (QED) is 0.713. The highest BCUT2D eigenvalue weighted by Gasteiger charge is 2.49. The molecule has 3 amide bonds. The molecule has 3 fully saturated rings. The van der Waals surface area contributed by atoms with Gasteiger partial charge in [-0.25, -0.2) is 4.79 Å². The molecule has 0 bridgehead atoms. The predicted molar refractivity (Wildman–Crippen MR) is 110 cm³/mol. The van der Waals surface area contributed by atoms with E-state index < -0.39 is 5.79 Å². The number of piperidine rings is 1. The van der Waals surface area contributed by atoms with Crippen molar-refractivity contribution >= 4 is 11.9 Å². The summed E-state index contributed by atoms with van der Waals surface area (Å²) in [6.45, 7) is 5.76. The number of rotatable bonds is 6.